The van der Waals surface area contributed by atoms with Crippen molar-refractivity contribution in [2.45, 2.75) is 32.3 Å². The molecular weight excluding hydrogens is 220 g/mol. The Morgan fingerprint density at radius 1 is 1.65 bits per heavy atom. The third-order valence-electron chi connectivity index (χ3n) is 4.25. The van der Waals surface area contributed by atoms with Crippen LogP contribution in [0.4, 0.5) is 0 Å². The van der Waals surface area contributed by atoms with E-state index in [9.17, 15) is 9.59 Å². The van der Waals surface area contributed by atoms with Crippen LogP contribution in [0.2, 0.25) is 0 Å². The molecule has 0 aromatic heterocycles. The topological polar surface area (TPSA) is 52.6 Å². The molecule has 0 bridgehead atoms. The van der Waals surface area contributed by atoms with Gasteiger partial charge >= 0.3 is 11.9 Å². The average molecular weight is 238 g/mol. The SMILES string of the molecule is C=CC(=O)OC1(C)CC2C(=O)OCCC2C1C. The summed E-state index contributed by atoms with van der Waals surface area (Å²) < 4.78 is 10.5. The second-order valence-corrected chi connectivity index (χ2v) is 5.16. The van der Waals surface area contributed by atoms with Crippen LogP contribution in [0, 0.1) is 17.8 Å². The summed E-state index contributed by atoms with van der Waals surface area (Å²) >= 11 is 0. The molecule has 94 valence electrons. The number of cyclic esters (lactones) is 1. The number of esters is 2. The van der Waals surface area contributed by atoms with Gasteiger partial charge in [0.15, 0.2) is 0 Å². The van der Waals surface area contributed by atoms with Crippen molar-refractivity contribution in [3.63, 3.8) is 0 Å². The smallest absolute Gasteiger partial charge is 0.330 e. The molecule has 0 spiro atoms. The lowest BCUT2D eigenvalue weighted by Gasteiger charge is -2.31. The van der Waals surface area contributed by atoms with E-state index in [0.29, 0.717) is 13.0 Å². The van der Waals surface area contributed by atoms with E-state index in [4.69, 9.17) is 9.47 Å². The minimum Gasteiger partial charge on any atom is -0.465 e. The lowest BCUT2D eigenvalue weighted by molar-refractivity contribution is -0.157. The monoisotopic (exact) mass is 238 g/mol. The molecule has 4 nitrogen and oxygen atoms in total. The van der Waals surface area contributed by atoms with E-state index >= 15 is 0 Å². The van der Waals surface area contributed by atoms with E-state index in [1.54, 1.807) is 0 Å². The average Bonchev–Trinajstić information content (AvgIpc) is 2.54. The second kappa shape index (κ2) is 4.17. The Kier molecular flexibility index (Phi) is 2.98. The highest BCUT2D eigenvalue weighted by Crippen LogP contribution is 2.49. The summed E-state index contributed by atoms with van der Waals surface area (Å²) in [6.45, 7) is 7.82. The summed E-state index contributed by atoms with van der Waals surface area (Å²) in [7, 11) is 0. The molecule has 4 heteroatoms. The van der Waals surface area contributed by atoms with Gasteiger partial charge in [-0.2, -0.15) is 0 Å². The van der Waals surface area contributed by atoms with E-state index < -0.39 is 11.6 Å². The van der Waals surface area contributed by atoms with Gasteiger partial charge in [0.1, 0.15) is 5.60 Å². The van der Waals surface area contributed by atoms with Gasteiger partial charge < -0.3 is 9.47 Å². The molecule has 4 atom stereocenters. The Bertz CT molecular complexity index is 362. The maximum Gasteiger partial charge on any atom is 0.330 e. The fourth-order valence-electron chi connectivity index (χ4n) is 3.09. The molecule has 0 aromatic rings. The van der Waals surface area contributed by atoms with Gasteiger partial charge in [0.2, 0.25) is 0 Å². The van der Waals surface area contributed by atoms with Crippen molar-refractivity contribution in [2.24, 2.45) is 17.8 Å². The summed E-state index contributed by atoms with van der Waals surface area (Å²) in [6, 6.07) is 0. The van der Waals surface area contributed by atoms with Crippen molar-refractivity contribution in [1.82, 2.24) is 0 Å². The fraction of sp³-hybridized carbons (Fsp3) is 0.692. The van der Waals surface area contributed by atoms with Gasteiger partial charge in [0.05, 0.1) is 12.5 Å². The molecule has 1 aliphatic carbocycles. The van der Waals surface area contributed by atoms with Crippen LogP contribution in [0.1, 0.15) is 26.7 Å². The van der Waals surface area contributed by atoms with Crippen molar-refractivity contribution in [2.75, 3.05) is 6.61 Å². The highest BCUT2D eigenvalue weighted by molar-refractivity contribution is 5.82. The zero-order valence-corrected chi connectivity index (χ0v) is 10.3. The van der Waals surface area contributed by atoms with Crippen molar-refractivity contribution < 1.29 is 19.1 Å². The van der Waals surface area contributed by atoms with Crippen LogP contribution >= 0.6 is 0 Å². The number of hydrogen-bond acceptors (Lipinski definition) is 4. The highest BCUT2D eigenvalue weighted by atomic mass is 16.6. The number of carbonyl (C=O) groups is 2. The van der Waals surface area contributed by atoms with Crippen molar-refractivity contribution in [1.29, 1.82) is 0 Å². The van der Waals surface area contributed by atoms with Crippen LogP contribution in [0.5, 0.6) is 0 Å². The fourth-order valence-corrected chi connectivity index (χ4v) is 3.09. The van der Waals surface area contributed by atoms with Gasteiger partial charge in [-0.05, 0) is 25.2 Å². The van der Waals surface area contributed by atoms with Crippen LogP contribution in [0.25, 0.3) is 0 Å². The predicted molar refractivity (Wildman–Crippen MR) is 61.0 cm³/mol. The number of fused-ring (bicyclic) bond motifs is 1. The van der Waals surface area contributed by atoms with E-state index in [-0.39, 0.29) is 23.7 Å². The van der Waals surface area contributed by atoms with Crippen molar-refractivity contribution in [3.8, 4) is 0 Å². The molecule has 2 rings (SSSR count). The van der Waals surface area contributed by atoms with Crippen molar-refractivity contribution >= 4 is 11.9 Å². The third-order valence-corrected chi connectivity index (χ3v) is 4.25. The first-order chi connectivity index (χ1) is 7.98. The molecule has 2 fully saturated rings. The van der Waals surface area contributed by atoms with Crippen LogP contribution < -0.4 is 0 Å². The maximum absolute atomic E-state index is 11.7. The van der Waals surface area contributed by atoms with Gasteiger partial charge in [-0.15, -0.1) is 0 Å². The van der Waals surface area contributed by atoms with Crippen molar-refractivity contribution in [3.05, 3.63) is 12.7 Å². The Morgan fingerprint density at radius 2 is 2.35 bits per heavy atom. The Hall–Kier alpha value is -1.32. The number of ether oxygens (including phenoxy) is 2. The first kappa shape index (κ1) is 12.1. The minimum atomic E-state index is -0.579. The summed E-state index contributed by atoms with van der Waals surface area (Å²) in [5.74, 6) is -0.262. The van der Waals surface area contributed by atoms with Crippen LogP contribution in [0.3, 0.4) is 0 Å². The lowest BCUT2D eigenvalue weighted by Crippen LogP contribution is -2.35. The molecule has 0 aromatic carbocycles. The number of rotatable bonds is 2. The molecular formula is C13H18O4. The highest BCUT2D eigenvalue weighted by Gasteiger charge is 2.54. The lowest BCUT2D eigenvalue weighted by atomic mass is 9.84. The number of carbonyl (C=O) groups excluding carboxylic acids is 2. The van der Waals surface area contributed by atoms with Gasteiger partial charge in [0.25, 0.3) is 0 Å². The zero-order valence-electron chi connectivity index (χ0n) is 10.3. The second-order valence-electron chi connectivity index (χ2n) is 5.16. The van der Waals surface area contributed by atoms with E-state index in [1.165, 1.54) is 0 Å². The molecule has 1 saturated carbocycles. The normalized spacial score (nSPS) is 40.4. The molecule has 0 amide bonds. The number of hydrogen-bond donors (Lipinski definition) is 0. The minimum absolute atomic E-state index is 0.124. The van der Waals surface area contributed by atoms with E-state index in [1.807, 2.05) is 13.8 Å². The quantitative estimate of drug-likeness (QED) is 0.542. The predicted octanol–water partition coefficient (Wildman–Crippen LogP) is 1.69. The van der Waals surface area contributed by atoms with Gasteiger partial charge in [-0.3, -0.25) is 4.79 Å². The van der Waals surface area contributed by atoms with Crippen LogP contribution in [0.15, 0.2) is 12.7 Å². The molecule has 1 aliphatic heterocycles. The largest absolute Gasteiger partial charge is 0.465 e. The standard InChI is InChI=1S/C13H18O4/c1-4-11(14)17-13(3)7-10-9(8(13)2)5-6-16-12(10)15/h4,8-10H,1,5-7H2,2-3H3. The summed E-state index contributed by atoms with van der Waals surface area (Å²) in [4.78, 5) is 23.0. The summed E-state index contributed by atoms with van der Waals surface area (Å²) in [5.41, 5.74) is -0.579. The van der Waals surface area contributed by atoms with Gasteiger partial charge in [-0.25, -0.2) is 4.79 Å². The zero-order chi connectivity index (χ0) is 12.6. The van der Waals surface area contributed by atoms with E-state index in [2.05, 4.69) is 6.58 Å². The first-order valence-electron chi connectivity index (χ1n) is 6.00. The molecule has 0 N–H and O–H groups in total. The molecule has 0 radical (unpaired) electrons. The third kappa shape index (κ3) is 1.96. The van der Waals surface area contributed by atoms with Gasteiger partial charge in [0, 0.05) is 12.5 Å². The molecule has 2 aliphatic rings. The molecule has 1 saturated heterocycles. The Balaban J connectivity index is 2.18. The summed E-state index contributed by atoms with van der Waals surface area (Å²) in [5, 5.41) is 0. The van der Waals surface area contributed by atoms with Crippen LogP contribution in [-0.4, -0.2) is 24.1 Å². The molecule has 4 unspecified atom stereocenters. The Morgan fingerprint density at radius 3 is 2.94 bits per heavy atom. The van der Waals surface area contributed by atoms with E-state index in [0.717, 1.165) is 12.5 Å². The van der Waals surface area contributed by atoms with Crippen LogP contribution in [-0.2, 0) is 19.1 Å². The molecule has 17 heavy (non-hydrogen) atoms. The Labute approximate surface area is 101 Å². The molecule has 1 heterocycles. The van der Waals surface area contributed by atoms with Gasteiger partial charge in [-0.1, -0.05) is 13.5 Å². The summed E-state index contributed by atoms with van der Waals surface area (Å²) in [6.07, 6.45) is 2.58. The first-order valence-corrected chi connectivity index (χ1v) is 6.00. The maximum atomic E-state index is 11.7.